The zero-order valence-electron chi connectivity index (χ0n) is 6.24. The van der Waals surface area contributed by atoms with Crippen molar-refractivity contribution in [2.24, 2.45) is 0 Å². The number of rotatable bonds is 3. The Labute approximate surface area is 64.4 Å². The molecule has 1 heterocycles. The third kappa shape index (κ3) is 1.71. The first-order valence-corrected chi connectivity index (χ1v) is 3.35. The van der Waals surface area contributed by atoms with Crippen molar-refractivity contribution in [2.75, 3.05) is 13.7 Å². The summed E-state index contributed by atoms with van der Waals surface area (Å²) in [5.74, 6) is 0.0874. The summed E-state index contributed by atoms with van der Waals surface area (Å²) < 4.78 is 9.64. The van der Waals surface area contributed by atoms with Crippen molar-refractivity contribution < 1.29 is 19.4 Å². The van der Waals surface area contributed by atoms with Gasteiger partial charge in [-0.25, -0.2) is 4.79 Å². The number of carbonyl (C=O) groups excluding carboxylic acids is 1. The van der Waals surface area contributed by atoms with Crippen LogP contribution in [0.2, 0.25) is 0 Å². The number of esters is 1. The highest BCUT2D eigenvalue weighted by Crippen LogP contribution is 2.18. The molecule has 0 amide bonds. The van der Waals surface area contributed by atoms with Crippen LogP contribution >= 0.6 is 0 Å². The van der Waals surface area contributed by atoms with E-state index < -0.39 is 12.1 Å². The molecule has 1 N–H and O–H groups in total. The van der Waals surface area contributed by atoms with Gasteiger partial charge in [0.25, 0.3) is 0 Å². The first kappa shape index (κ1) is 8.07. The fourth-order valence-corrected chi connectivity index (χ4v) is 0.950. The second-order valence-corrected chi connectivity index (χ2v) is 2.19. The Morgan fingerprint density at radius 1 is 1.82 bits per heavy atom. The van der Waals surface area contributed by atoms with Crippen LogP contribution in [0.1, 0.15) is 6.42 Å². The van der Waals surface area contributed by atoms with Crippen molar-refractivity contribution >= 4 is 5.97 Å². The Balaban J connectivity index is 2.56. The molecule has 0 aromatic heterocycles. The van der Waals surface area contributed by atoms with Crippen LogP contribution in [-0.2, 0) is 14.3 Å². The molecule has 0 bridgehead atoms. The Bertz CT molecular complexity index is 185. The molecule has 1 atom stereocenters. The lowest BCUT2D eigenvalue weighted by molar-refractivity contribution is -0.139. The van der Waals surface area contributed by atoms with Gasteiger partial charge in [-0.1, -0.05) is 0 Å². The number of methoxy groups -OCH3 is 1. The van der Waals surface area contributed by atoms with Gasteiger partial charge in [0.1, 0.15) is 5.76 Å². The number of cyclic esters (lactones) is 1. The number of aliphatic hydroxyl groups is 1. The molecular formula is C7H10O4. The second-order valence-electron chi connectivity index (χ2n) is 2.19. The molecule has 0 saturated carbocycles. The number of hydrogen-bond donors (Lipinski definition) is 1. The maximum Gasteiger partial charge on any atom is 0.335 e. The maximum absolute atomic E-state index is 10.6. The molecule has 1 aliphatic heterocycles. The molecule has 0 aromatic rings. The summed E-state index contributed by atoms with van der Waals surface area (Å²) in [6, 6.07) is 0. The van der Waals surface area contributed by atoms with Gasteiger partial charge in [-0.15, -0.1) is 0 Å². The smallest absolute Gasteiger partial charge is 0.335 e. The van der Waals surface area contributed by atoms with E-state index >= 15 is 0 Å². The average Bonchev–Trinajstić information content (AvgIpc) is 2.32. The minimum atomic E-state index is -0.403. The molecular weight excluding hydrogens is 148 g/mol. The Morgan fingerprint density at radius 3 is 3.09 bits per heavy atom. The fourth-order valence-electron chi connectivity index (χ4n) is 0.950. The molecule has 0 aliphatic carbocycles. The third-order valence-electron chi connectivity index (χ3n) is 1.46. The van der Waals surface area contributed by atoms with Crippen molar-refractivity contribution in [2.45, 2.75) is 12.5 Å². The highest BCUT2D eigenvalue weighted by atomic mass is 16.6. The number of hydrogen-bond acceptors (Lipinski definition) is 4. The minimum Gasteiger partial charge on any atom is -0.497 e. The van der Waals surface area contributed by atoms with Gasteiger partial charge >= 0.3 is 5.97 Å². The van der Waals surface area contributed by atoms with Gasteiger partial charge in [-0.2, -0.15) is 0 Å². The van der Waals surface area contributed by atoms with E-state index in [1.807, 2.05) is 0 Å². The lowest BCUT2D eigenvalue weighted by Gasteiger charge is -2.10. The van der Waals surface area contributed by atoms with Gasteiger partial charge in [-0.05, 0) is 0 Å². The van der Waals surface area contributed by atoms with Crippen LogP contribution in [0.3, 0.4) is 0 Å². The SMILES string of the molecule is COC1=CC(=O)OC1CCO. The van der Waals surface area contributed by atoms with E-state index in [1.165, 1.54) is 13.2 Å². The molecule has 0 spiro atoms. The molecule has 0 fully saturated rings. The summed E-state index contributed by atoms with van der Waals surface area (Å²) in [7, 11) is 1.47. The summed E-state index contributed by atoms with van der Waals surface area (Å²) >= 11 is 0. The van der Waals surface area contributed by atoms with Gasteiger partial charge in [0.15, 0.2) is 6.10 Å². The second kappa shape index (κ2) is 3.39. The maximum atomic E-state index is 10.6. The van der Waals surface area contributed by atoms with Gasteiger partial charge in [-0.3, -0.25) is 0 Å². The van der Waals surface area contributed by atoms with E-state index in [9.17, 15) is 4.79 Å². The highest BCUT2D eigenvalue weighted by molar-refractivity contribution is 5.85. The molecule has 4 nitrogen and oxygen atoms in total. The number of ether oxygens (including phenoxy) is 2. The van der Waals surface area contributed by atoms with Gasteiger partial charge < -0.3 is 14.6 Å². The quantitative estimate of drug-likeness (QED) is 0.579. The van der Waals surface area contributed by atoms with Crippen LogP contribution in [0, 0.1) is 0 Å². The molecule has 1 aliphatic rings. The third-order valence-corrected chi connectivity index (χ3v) is 1.46. The van der Waals surface area contributed by atoms with Crippen molar-refractivity contribution in [3.63, 3.8) is 0 Å². The predicted octanol–water partition coefficient (Wildman–Crippen LogP) is -0.176. The monoisotopic (exact) mass is 158 g/mol. The zero-order valence-corrected chi connectivity index (χ0v) is 6.24. The lowest BCUT2D eigenvalue weighted by atomic mass is 10.2. The molecule has 1 rings (SSSR count). The van der Waals surface area contributed by atoms with E-state index in [0.717, 1.165) is 0 Å². The molecule has 0 saturated heterocycles. The summed E-state index contributed by atoms with van der Waals surface area (Å²) in [5.41, 5.74) is 0. The van der Waals surface area contributed by atoms with Gasteiger partial charge in [0, 0.05) is 13.0 Å². The van der Waals surface area contributed by atoms with Crippen LogP contribution < -0.4 is 0 Å². The summed E-state index contributed by atoms with van der Waals surface area (Å²) in [6.07, 6.45) is 1.30. The summed E-state index contributed by atoms with van der Waals surface area (Å²) in [6.45, 7) is -0.0152. The highest BCUT2D eigenvalue weighted by Gasteiger charge is 2.26. The predicted molar refractivity (Wildman–Crippen MR) is 36.7 cm³/mol. The van der Waals surface area contributed by atoms with E-state index in [1.54, 1.807) is 0 Å². The summed E-state index contributed by atoms with van der Waals surface area (Å²) in [5, 5.41) is 8.55. The normalized spacial score (nSPS) is 22.9. The van der Waals surface area contributed by atoms with Crippen molar-refractivity contribution in [1.29, 1.82) is 0 Å². The molecule has 4 heteroatoms. The van der Waals surface area contributed by atoms with Crippen molar-refractivity contribution in [1.82, 2.24) is 0 Å². The first-order chi connectivity index (χ1) is 5.27. The lowest BCUT2D eigenvalue weighted by Crippen LogP contribution is -2.14. The Kier molecular flexibility index (Phi) is 2.48. The van der Waals surface area contributed by atoms with Gasteiger partial charge in [0.2, 0.25) is 0 Å². The Hall–Kier alpha value is -1.03. The largest absolute Gasteiger partial charge is 0.497 e. The molecule has 0 aromatic carbocycles. The van der Waals surface area contributed by atoms with E-state index in [2.05, 4.69) is 0 Å². The van der Waals surface area contributed by atoms with E-state index in [4.69, 9.17) is 14.6 Å². The fraction of sp³-hybridized carbons (Fsp3) is 0.571. The average molecular weight is 158 g/mol. The minimum absolute atomic E-state index is 0.0152. The van der Waals surface area contributed by atoms with Crippen LogP contribution in [-0.4, -0.2) is 30.9 Å². The van der Waals surface area contributed by atoms with Crippen LogP contribution in [0.25, 0.3) is 0 Å². The van der Waals surface area contributed by atoms with Crippen LogP contribution in [0.5, 0.6) is 0 Å². The molecule has 1 unspecified atom stereocenters. The van der Waals surface area contributed by atoms with Gasteiger partial charge in [0.05, 0.1) is 13.2 Å². The molecule has 11 heavy (non-hydrogen) atoms. The Morgan fingerprint density at radius 2 is 2.55 bits per heavy atom. The van der Waals surface area contributed by atoms with Crippen molar-refractivity contribution in [3.05, 3.63) is 11.8 Å². The zero-order chi connectivity index (χ0) is 8.27. The van der Waals surface area contributed by atoms with Crippen molar-refractivity contribution in [3.8, 4) is 0 Å². The van der Waals surface area contributed by atoms with Crippen LogP contribution in [0.15, 0.2) is 11.8 Å². The number of aliphatic hydroxyl groups excluding tert-OH is 1. The molecule has 62 valence electrons. The number of carbonyl (C=O) groups is 1. The van der Waals surface area contributed by atoms with E-state index in [0.29, 0.717) is 12.2 Å². The first-order valence-electron chi connectivity index (χ1n) is 3.35. The van der Waals surface area contributed by atoms with Crippen LogP contribution in [0.4, 0.5) is 0 Å². The summed E-state index contributed by atoms with van der Waals surface area (Å²) in [4.78, 5) is 10.6. The molecule has 0 radical (unpaired) electrons. The topological polar surface area (TPSA) is 55.8 Å². The van der Waals surface area contributed by atoms with E-state index in [-0.39, 0.29) is 6.61 Å². The standard InChI is InChI=1S/C7H10O4/c1-10-6-4-7(9)11-5(6)2-3-8/h4-5,8H,2-3H2,1H3.